The normalized spacial score (nSPS) is 17.2. The van der Waals surface area contributed by atoms with Gasteiger partial charge < -0.3 is 10.2 Å². The van der Waals surface area contributed by atoms with Gasteiger partial charge in [0.1, 0.15) is 0 Å². The van der Waals surface area contributed by atoms with Crippen LogP contribution in [0.2, 0.25) is 0 Å². The Labute approximate surface area is 124 Å². The number of nitrogens with one attached hydrogen (secondary N) is 1. The third kappa shape index (κ3) is 3.83. The summed E-state index contributed by atoms with van der Waals surface area (Å²) in [5, 5.41) is 3.50. The maximum absolute atomic E-state index is 3.50. The van der Waals surface area contributed by atoms with Gasteiger partial charge in [0.15, 0.2) is 0 Å². The fraction of sp³-hybridized carbons (Fsp3) is 0.667. The summed E-state index contributed by atoms with van der Waals surface area (Å²) >= 11 is 0. The van der Waals surface area contributed by atoms with Crippen molar-refractivity contribution in [2.24, 2.45) is 0 Å². The first kappa shape index (κ1) is 15.5. The Balaban J connectivity index is 1.99. The molecule has 2 rings (SSSR count). The number of nitrogens with zero attached hydrogens (tertiary/aromatic N) is 1. The molecule has 1 saturated carbocycles. The monoisotopic (exact) mass is 274 g/mol. The molecular weight excluding hydrogens is 244 g/mol. The Morgan fingerprint density at radius 3 is 2.55 bits per heavy atom. The Hall–Kier alpha value is -0.860. The standard InChI is InChI=1S/C18H30N2/c1-4-20(5-2)13-12-18(19-3)17-11-7-10-16(14-17)15-8-6-9-15/h7,10-11,14-15,18-19H,4-6,8-9,12-13H2,1-3H3. The number of hydrogen-bond donors (Lipinski definition) is 1. The van der Waals surface area contributed by atoms with Crippen molar-refractivity contribution in [3.63, 3.8) is 0 Å². The van der Waals surface area contributed by atoms with Crippen molar-refractivity contribution in [3.8, 4) is 0 Å². The molecule has 0 heterocycles. The summed E-state index contributed by atoms with van der Waals surface area (Å²) in [6.07, 6.45) is 5.36. The summed E-state index contributed by atoms with van der Waals surface area (Å²) in [4.78, 5) is 2.50. The molecule has 1 aromatic rings. The molecule has 1 aliphatic carbocycles. The van der Waals surface area contributed by atoms with Gasteiger partial charge in [0.05, 0.1) is 0 Å². The van der Waals surface area contributed by atoms with Crippen LogP contribution in [0.1, 0.15) is 62.6 Å². The molecule has 0 aromatic heterocycles. The van der Waals surface area contributed by atoms with Crippen LogP contribution in [-0.4, -0.2) is 31.6 Å². The van der Waals surface area contributed by atoms with Crippen molar-refractivity contribution in [2.75, 3.05) is 26.7 Å². The molecule has 0 spiro atoms. The molecule has 1 unspecified atom stereocenters. The van der Waals surface area contributed by atoms with Crippen LogP contribution in [0.15, 0.2) is 24.3 Å². The van der Waals surface area contributed by atoms with E-state index in [1.807, 2.05) is 0 Å². The quantitative estimate of drug-likeness (QED) is 0.772. The summed E-state index contributed by atoms with van der Waals surface area (Å²) in [5.41, 5.74) is 3.01. The van der Waals surface area contributed by atoms with E-state index in [0.717, 1.165) is 19.0 Å². The molecular formula is C18H30N2. The highest BCUT2D eigenvalue weighted by molar-refractivity contribution is 5.29. The van der Waals surface area contributed by atoms with Crippen molar-refractivity contribution in [3.05, 3.63) is 35.4 Å². The van der Waals surface area contributed by atoms with E-state index in [-0.39, 0.29) is 0 Å². The second kappa shape index (κ2) is 7.80. The number of rotatable bonds is 8. The first-order chi connectivity index (χ1) is 9.78. The fourth-order valence-corrected chi connectivity index (χ4v) is 3.10. The fourth-order valence-electron chi connectivity index (χ4n) is 3.10. The lowest BCUT2D eigenvalue weighted by Gasteiger charge is -2.27. The van der Waals surface area contributed by atoms with E-state index in [1.54, 1.807) is 5.56 Å². The Morgan fingerprint density at radius 2 is 2.00 bits per heavy atom. The highest BCUT2D eigenvalue weighted by Crippen LogP contribution is 2.37. The summed E-state index contributed by atoms with van der Waals surface area (Å²) in [6, 6.07) is 9.75. The molecule has 2 nitrogen and oxygen atoms in total. The van der Waals surface area contributed by atoms with Gasteiger partial charge in [0.2, 0.25) is 0 Å². The highest BCUT2D eigenvalue weighted by atomic mass is 15.1. The second-order valence-corrected chi connectivity index (χ2v) is 5.95. The SMILES string of the molecule is CCN(CC)CCC(NC)c1cccc(C2CCC2)c1. The topological polar surface area (TPSA) is 15.3 Å². The van der Waals surface area contributed by atoms with Gasteiger partial charge in [-0.3, -0.25) is 0 Å². The van der Waals surface area contributed by atoms with Gasteiger partial charge in [-0.2, -0.15) is 0 Å². The van der Waals surface area contributed by atoms with E-state index in [1.165, 1.54) is 37.8 Å². The molecule has 20 heavy (non-hydrogen) atoms. The third-order valence-corrected chi connectivity index (χ3v) is 4.87. The van der Waals surface area contributed by atoms with Gasteiger partial charge in [-0.05, 0) is 63.0 Å². The summed E-state index contributed by atoms with van der Waals surface area (Å²) in [7, 11) is 2.09. The van der Waals surface area contributed by atoms with Crippen LogP contribution in [0.25, 0.3) is 0 Å². The molecule has 0 aliphatic heterocycles. The second-order valence-electron chi connectivity index (χ2n) is 5.95. The summed E-state index contributed by atoms with van der Waals surface area (Å²) in [5.74, 6) is 0.829. The minimum atomic E-state index is 0.482. The molecule has 2 heteroatoms. The predicted octanol–water partition coefficient (Wildman–Crippen LogP) is 3.95. The molecule has 1 aliphatic rings. The Morgan fingerprint density at radius 1 is 1.25 bits per heavy atom. The maximum Gasteiger partial charge on any atom is 0.0329 e. The minimum absolute atomic E-state index is 0.482. The van der Waals surface area contributed by atoms with Crippen molar-refractivity contribution in [1.82, 2.24) is 10.2 Å². The Kier molecular flexibility index (Phi) is 6.06. The van der Waals surface area contributed by atoms with Gasteiger partial charge in [0, 0.05) is 6.04 Å². The van der Waals surface area contributed by atoms with Crippen LogP contribution in [0.5, 0.6) is 0 Å². The van der Waals surface area contributed by atoms with Crippen molar-refractivity contribution in [2.45, 2.75) is 51.5 Å². The van der Waals surface area contributed by atoms with E-state index in [4.69, 9.17) is 0 Å². The molecule has 1 N–H and O–H groups in total. The van der Waals surface area contributed by atoms with Crippen molar-refractivity contribution in [1.29, 1.82) is 0 Å². The number of hydrogen-bond acceptors (Lipinski definition) is 2. The van der Waals surface area contributed by atoms with Gasteiger partial charge in [-0.25, -0.2) is 0 Å². The zero-order valence-electron chi connectivity index (χ0n) is 13.4. The summed E-state index contributed by atoms with van der Waals surface area (Å²) in [6.45, 7) is 7.96. The molecule has 1 fully saturated rings. The zero-order chi connectivity index (χ0) is 14.4. The van der Waals surface area contributed by atoms with Crippen LogP contribution >= 0.6 is 0 Å². The third-order valence-electron chi connectivity index (χ3n) is 4.87. The minimum Gasteiger partial charge on any atom is -0.313 e. The van der Waals surface area contributed by atoms with Gasteiger partial charge in [0.25, 0.3) is 0 Å². The zero-order valence-corrected chi connectivity index (χ0v) is 13.4. The van der Waals surface area contributed by atoms with E-state index in [2.05, 4.69) is 55.4 Å². The first-order valence-electron chi connectivity index (χ1n) is 8.28. The first-order valence-corrected chi connectivity index (χ1v) is 8.28. The van der Waals surface area contributed by atoms with Gasteiger partial charge in [-0.15, -0.1) is 0 Å². The smallest absolute Gasteiger partial charge is 0.0329 e. The Bertz CT molecular complexity index is 394. The van der Waals surface area contributed by atoms with Crippen molar-refractivity contribution >= 4 is 0 Å². The van der Waals surface area contributed by atoms with E-state index < -0.39 is 0 Å². The lowest BCUT2D eigenvalue weighted by Crippen LogP contribution is -2.28. The van der Waals surface area contributed by atoms with Crippen LogP contribution in [0.3, 0.4) is 0 Å². The average Bonchev–Trinajstić information content (AvgIpc) is 2.42. The van der Waals surface area contributed by atoms with Crippen molar-refractivity contribution < 1.29 is 0 Å². The molecule has 112 valence electrons. The van der Waals surface area contributed by atoms with Gasteiger partial charge >= 0.3 is 0 Å². The molecule has 0 saturated heterocycles. The average molecular weight is 274 g/mol. The van der Waals surface area contributed by atoms with Crippen LogP contribution < -0.4 is 5.32 Å². The molecule has 0 amide bonds. The van der Waals surface area contributed by atoms with E-state index in [9.17, 15) is 0 Å². The van der Waals surface area contributed by atoms with E-state index in [0.29, 0.717) is 6.04 Å². The molecule has 0 radical (unpaired) electrons. The lowest BCUT2D eigenvalue weighted by molar-refractivity contribution is 0.284. The van der Waals surface area contributed by atoms with E-state index >= 15 is 0 Å². The molecule has 1 aromatic carbocycles. The summed E-state index contributed by atoms with van der Waals surface area (Å²) < 4.78 is 0. The van der Waals surface area contributed by atoms with Crippen LogP contribution in [-0.2, 0) is 0 Å². The lowest BCUT2D eigenvalue weighted by atomic mass is 9.79. The largest absolute Gasteiger partial charge is 0.313 e. The van der Waals surface area contributed by atoms with Crippen LogP contribution in [0, 0.1) is 0 Å². The number of benzene rings is 1. The highest BCUT2D eigenvalue weighted by Gasteiger charge is 2.20. The molecule has 1 atom stereocenters. The predicted molar refractivity (Wildman–Crippen MR) is 87.2 cm³/mol. The van der Waals surface area contributed by atoms with Crippen LogP contribution in [0.4, 0.5) is 0 Å². The molecule has 0 bridgehead atoms. The maximum atomic E-state index is 3.50. The van der Waals surface area contributed by atoms with Gasteiger partial charge in [-0.1, -0.05) is 44.5 Å².